The van der Waals surface area contributed by atoms with Crippen molar-refractivity contribution in [1.82, 2.24) is 29.9 Å². The smallest absolute Gasteiger partial charge is 0.238 e. The molecule has 9 nitrogen and oxygen atoms in total. The molecule has 1 aliphatic rings. The molecular formula is C17H19FN8O. The van der Waals surface area contributed by atoms with Gasteiger partial charge < -0.3 is 10.2 Å². The predicted molar refractivity (Wildman–Crippen MR) is 97.8 cm³/mol. The third-order valence-electron chi connectivity index (χ3n) is 4.56. The number of aryl methyl sites for hydroxylation is 1. The second kappa shape index (κ2) is 7.23. The minimum Gasteiger partial charge on any atom is -0.352 e. The highest BCUT2D eigenvalue weighted by atomic mass is 19.1. The van der Waals surface area contributed by atoms with E-state index in [1.807, 2.05) is 4.90 Å². The second-order valence-electron chi connectivity index (χ2n) is 6.37. The van der Waals surface area contributed by atoms with Gasteiger partial charge in [-0.15, -0.1) is 5.10 Å². The summed E-state index contributed by atoms with van der Waals surface area (Å²) >= 11 is 0. The molecule has 27 heavy (non-hydrogen) atoms. The van der Waals surface area contributed by atoms with Gasteiger partial charge in [-0.2, -0.15) is 0 Å². The van der Waals surface area contributed by atoms with E-state index in [4.69, 9.17) is 0 Å². The summed E-state index contributed by atoms with van der Waals surface area (Å²) in [6.07, 6.45) is 1.51. The number of aromatic nitrogens is 5. The maximum atomic E-state index is 13.6. The van der Waals surface area contributed by atoms with E-state index in [0.717, 1.165) is 5.82 Å². The maximum absolute atomic E-state index is 13.6. The van der Waals surface area contributed by atoms with Crippen LogP contribution >= 0.6 is 0 Å². The summed E-state index contributed by atoms with van der Waals surface area (Å²) in [4.78, 5) is 24.9. The molecule has 1 saturated heterocycles. The van der Waals surface area contributed by atoms with Crippen molar-refractivity contribution in [3.05, 3.63) is 36.4 Å². The van der Waals surface area contributed by atoms with Gasteiger partial charge in [-0.05, 0) is 12.1 Å². The average molecular weight is 370 g/mol. The molecule has 0 atom stereocenters. The fraction of sp³-hybridized carbons (Fsp3) is 0.353. The number of benzene rings is 1. The van der Waals surface area contributed by atoms with E-state index in [9.17, 15) is 9.18 Å². The molecule has 1 amide bonds. The lowest BCUT2D eigenvalue weighted by atomic mass is 10.2. The van der Waals surface area contributed by atoms with Gasteiger partial charge in [0.05, 0.1) is 12.2 Å². The lowest BCUT2D eigenvalue weighted by Gasteiger charge is -2.34. The first-order valence-electron chi connectivity index (χ1n) is 8.64. The standard InChI is InChI=1S/C17H19FN8O/c1-24-16-15(22-23-24)17(20-11-19-16)26-8-6-25(7-9-26)10-14(27)21-13-5-3-2-4-12(13)18/h2-5,11H,6-10H2,1H3,(H,21,27). The highest BCUT2D eigenvalue weighted by molar-refractivity contribution is 5.92. The Morgan fingerprint density at radius 2 is 1.96 bits per heavy atom. The van der Waals surface area contributed by atoms with Crippen LogP contribution in [0.4, 0.5) is 15.9 Å². The molecule has 2 aromatic heterocycles. The lowest BCUT2D eigenvalue weighted by Crippen LogP contribution is -2.49. The van der Waals surface area contributed by atoms with E-state index in [1.165, 1.54) is 12.4 Å². The summed E-state index contributed by atoms with van der Waals surface area (Å²) in [5.74, 6) is 0.0860. The molecule has 0 unspecified atom stereocenters. The second-order valence-corrected chi connectivity index (χ2v) is 6.37. The number of nitrogens with zero attached hydrogens (tertiary/aromatic N) is 7. The minimum absolute atomic E-state index is 0.201. The van der Waals surface area contributed by atoms with Gasteiger partial charge >= 0.3 is 0 Å². The third-order valence-corrected chi connectivity index (χ3v) is 4.56. The van der Waals surface area contributed by atoms with Gasteiger partial charge in [-0.25, -0.2) is 19.0 Å². The van der Waals surface area contributed by atoms with Crippen molar-refractivity contribution in [2.75, 3.05) is 42.9 Å². The Bertz CT molecular complexity index is 966. The van der Waals surface area contributed by atoms with Gasteiger partial charge in [0.2, 0.25) is 5.91 Å². The molecule has 0 radical (unpaired) electrons. The quantitative estimate of drug-likeness (QED) is 0.721. The van der Waals surface area contributed by atoms with Crippen molar-refractivity contribution in [2.45, 2.75) is 0 Å². The summed E-state index contributed by atoms with van der Waals surface area (Å²) in [7, 11) is 1.79. The molecular weight excluding hydrogens is 351 g/mol. The zero-order chi connectivity index (χ0) is 18.8. The summed E-state index contributed by atoms with van der Waals surface area (Å²) in [5, 5.41) is 10.8. The Kier molecular flexibility index (Phi) is 4.63. The molecule has 140 valence electrons. The van der Waals surface area contributed by atoms with Crippen LogP contribution in [0.1, 0.15) is 0 Å². The van der Waals surface area contributed by atoms with Crippen LogP contribution in [0.25, 0.3) is 11.2 Å². The monoisotopic (exact) mass is 370 g/mol. The SMILES string of the molecule is Cn1nnc2c(N3CCN(CC(=O)Nc4ccccc4F)CC3)ncnc21. The van der Waals surface area contributed by atoms with E-state index in [1.54, 1.807) is 29.9 Å². The normalized spacial score (nSPS) is 15.3. The fourth-order valence-electron chi connectivity index (χ4n) is 3.15. The van der Waals surface area contributed by atoms with Gasteiger partial charge in [0, 0.05) is 33.2 Å². The molecule has 0 saturated carbocycles. The van der Waals surface area contributed by atoms with Crippen LogP contribution in [-0.2, 0) is 11.8 Å². The summed E-state index contributed by atoms with van der Waals surface area (Å²) < 4.78 is 15.3. The molecule has 0 aliphatic carbocycles. The highest BCUT2D eigenvalue weighted by Crippen LogP contribution is 2.21. The molecule has 1 fully saturated rings. The molecule has 0 bridgehead atoms. The number of hydrogen-bond donors (Lipinski definition) is 1. The Hall–Kier alpha value is -3.14. The molecule has 0 spiro atoms. The average Bonchev–Trinajstić information content (AvgIpc) is 3.06. The van der Waals surface area contributed by atoms with Crippen molar-refractivity contribution in [1.29, 1.82) is 0 Å². The van der Waals surface area contributed by atoms with Crippen molar-refractivity contribution >= 4 is 28.6 Å². The zero-order valence-corrected chi connectivity index (χ0v) is 14.8. The molecule has 3 aromatic rings. The summed E-state index contributed by atoms with van der Waals surface area (Å²) in [6.45, 7) is 3.00. The maximum Gasteiger partial charge on any atom is 0.238 e. The van der Waals surface area contributed by atoms with E-state index < -0.39 is 5.82 Å². The number of carbonyl (C=O) groups is 1. The number of halogens is 1. The highest BCUT2D eigenvalue weighted by Gasteiger charge is 2.23. The largest absolute Gasteiger partial charge is 0.352 e. The third kappa shape index (κ3) is 3.56. The van der Waals surface area contributed by atoms with Crippen LogP contribution in [0.3, 0.4) is 0 Å². The van der Waals surface area contributed by atoms with Gasteiger partial charge in [0.25, 0.3) is 0 Å². The summed E-state index contributed by atoms with van der Waals surface area (Å²) in [5.41, 5.74) is 1.56. The number of para-hydroxylation sites is 1. The molecule has 10 heteroatoms. The Morgan fingerprint density at radius 1 is 1.19 bits per heavy atom. The first kappa shape index (κ1) is 17.3. The van der Waals surface area contributed by atoms with Gasteiger partial charge in [0.1, 0.15) is 12.1 Å². The Balaban J connectivity index is 1.36. The number of carbonyl (C=O) groups excluding carboxylic acids is 1. The van der Waals surface area contributed by atoms with Gasteiger partial charge in [-0.1, -0.05) is 17.3 Å². The van der Waals surface area contributed by atoms with Crippen molar-refractivity contribution < 1.29 is 9.18 Å². The van der Waals surface area contributed by atoms with Crippen LogP contribution in [0.2, 0.25) is 0 Å². The molecule has 4 rings (SSSR count). The number of rotatable bonds is 4. The van der Waals surface area contributed by atoms with E-state index in [-0.39, 0.29) is 18.1 Å². The first-order valence-corrected chi connectivity index (χ1v) is 8.64. The van der Waals surface area contributed by atoms with Crippen LogP contribution < -0.4 is 10.2 Å². The van der Waals surface area contributed by atoms with E-state index >= 15 is 0 Å². The number of nitrogens with one attached hydrogen (secondary N) is 1. The van der Waals surface area contributed by atoms with Crippen LogP contribution in [0.5, 0.6) is 0 Å². The number of piperazine rings is 1. The van der Waals surface area contributed by atoms with Gasteiger partial charge in [-0.3, -0.25) is 9.69 Å². The number of fused-ring (bicyclic) bond motifs is 1. The first-order chi connectivity index (χ1) is 13.1. The van der Waals surface area contributed by atoms with Gasteiger partial charge in [0.15, 0.2) is 17.0 Å². The Labute approximate surface area is 154 Å². The number of amides is 1. The Morgan fingerprint density at radius 3 is 2.74 bits per heavy atom. The van der Waals surface area contributed by atoms with Crippen LogP contribution in [0.15, 0.2) is 30.6 Å². The number of hydrogen-bond acceptors (Lipinski definition) is 7. The van der Waals surface area contributed by atoms with Crippen LogP contribution in [0, 0.1) is 5.82 Å². The molecule has 3 heterocycles. The molecule has 1 aromatic carbocycles. The van der Waals surface area contributed by atoms with Crippen molar-refractivity contribution in [3.8, 4) is 0 Å². The van der Waals surface area contributed by atoms with E-state index in [0.29, 0.717) is 37.3 Å². The topological polar surface area (TPSA) is 92.1 Å². The van der Waals surface area contributed by atoms with Crippen LogP contribution in [-0.4, -0.2) is 68.5 Å². The minimum atomic E-state index is -0.438. The summed E-state index contributed by atoms with van der Waals surface area (Å²) in [6, 6.07) is 6.15. The zero-order valence-electron chi connectivity index (χ0n) is 14.8. The molecule has 1 aliphatic heterocycles. The number of anilines is 2. The fourth-order valence-corrected chi connectivity index (χ4v) is 3.15. The molecule has 1 N–H and O–H groups in total. The predicted octanol–water partition coefficient (Wildman–Crippen LogP) is 0.658. The lowest BCUT2D eigenvalue weighted by molar-refractivity contribution is -0.117. The van der Waals surface area contributed by atoms with Crippen molar-refractivity contribution in [3.63, 3.8) is 0 Å². The van der Waals surface area contributed by atoms with Crippen molar-refractivity contribution in [2.24, 2.45) is 7.05 Å². The van der Waals surface area contributed by atoms with E-state index in [2.05, 4.69) is 30.5 Å².